The first-order chi connectivity index (χ1) is 8.31. The van der Waals surface area contributed by atoms with Crippen LogP contribution in [0, 0.1) is 0 Å². The second-order valence-electron chi connectivity index (χ2n) is 3.54. The Morgan fingerprint density at radius 2 is 1.21 bits per heavy atom. The monoisotopic (exact) mass is 300 g/mol. The van der Waals surface area contributed by atoms with Crippen molar-refractivity contribution in [2.45, 2.75) is 36.8 Å². The zero-order valence-electron chi connectivity index (χ0n) is 9.26. The van der Waals surface area contributed by atoms with Crippen molar-refractivity contribution in [3.63, 3.8) is 0 Å². The molecule has 0 aliphatic heterocycles. The summed E-state index contributed by atoms with van der Waals surface area (Å²) in [6, 6.07) is 0. The van der Waals surface area contributed by atoms with Gasteiger partial charge in [0.1, 0.15) is 0 Å². The number of rotatable bonds is 6. The van der Waals surface area contributed by atoms with E-state index in [0.29, 0.717) is 6.08 Å². The SMILES string of the molecule is C=CCCC=CC(F)(F)C(F)(F)C(F)(F)C(F)(F)F. The second-order valence-corrected chi connectivity index (χ2v) is 3.54. The Bertz CT molecular complexity index is 337. The average Bonchev–Trinajstić information content (AvgIpc) is 2.22. The lowest BCUT2D eigenvalue weighted by molar-refractivity contribution is -0.388. The van der Waals surface area contributed by atoms with Crippen molar-refractivity contribution in [1.82, 2.24) is 0 Å². The molecule has 0 saturated heterocycles. The highest BCUT2D eigenvalue weighted by Gasteiger charge is 2.81. The highest BCUT2D eigenvalue weighted by molar-refractivity contribution is 5.10. The Labute approximate surface area is 102 Å². The molecule has 0 unspecified atom stereocenters. The zero-order chi connectivity index (χ0) is 15.5. The first kappa shape index (κ1) is 17.9. The molecule has 0 N–H and O–H groups in total. The summed E-state index contributed by atoms with van der Waals surface area (Å²) in [5.41, 5.74) is 0. The van der Waals surface area contributed by atoms with Gasteiger partial charge in [0.25, 0.3) is 0 Å². The molecule has 0 nitrogen and oxygen atoms in total. The lowest BCUT2D eigenvalue weighted by Crippen LogP contribution is -2.60. The molecule has 9 heteroatoms. The summed E-state index contributed by atoms with van der Waals surface area (Å²) in [6.45, 7) is 3.18. The van der Waals surface area contributed by atoms with Gasteiger partial charge in [0, 0.05) is 0 Å². The maximum atomic E-state index is 12.8. The third kappa shape index (κ3) is 3.44. The number of hydrogen-bond acceptors (Lipinski definition) is 0. The Kier molecular flexibility index (Phi) is 5.13. The van der Waals surface area contributed by atoms with Gasteiger partial charge in [0.2, 0.25) is 0 Å². The minimum absolute atomic E-state index is 0.0772. The van der Waals surface area contributed by atoms with Gasteiger partial charge in [0.05, 0.1) is 0 Å². The molecule has 0 aromatic carbocycles. The summed E-state index contributed by atoms with van der Waals surface area (Å²) in [5, 5.41) is 0. The van der Waals surface area contributed by atoms with Gasteiger partial charge < -0.3 is 0 Å². The first-order valence-corrected chi connectivity index (χ1v) is 4.80. The summed E-state index contributed by atoms with van der Waals surface area (Å²) in [5.74, 6) is -19.1. The maximum Gasteiger partial charge on any atom is 0.460 e. The topological polar surface area (TPSA) is 0 Å². The standard InChI is InChI=1S/C10H9F9/c1-2-3-4-5-6-7(11,12)8(13,14)9(15,16)10(17,18)19/h2,5-6H,1,3-4H2. The highest BCUT2D eigenvalue weighted by Crippen LogP contribution is 2.53. The first-order valence-electron chi connectivity index (χ1n) is 4.80. The zero-order valence-corrected chi connectivity index (χ0v) is 9.26. The molecule has 0 amide bonds. The largest absolute Gasteiger partial charge is 0.460 e. The highest BCUT2D eigenvalue weighted by atomic mass is 19.4. The second kappa shape index (κ2) is 5.46. The van der Waals surface area contributed by atoms with Crippen molar-refractivity contribution in [2.75, 3.05) is 0 Å². The Balaban J connectivity index is 5.27. The van der Waals surface area contributed by atoms with Crippen molar-refractivity contribution in [2.24, 2.45) is 0 Å². The Hall–Kier alpha value is -1.15. The van der Waals surface area contributed by atoms with Gasteiger partial charge in [-0.3, -0.25) is 0 Å². The predicted molar refractivity (Wildman–Crippen MR) is 49.5 cm³/mol. The Morgan fingerprint density at radius 3 is 1.58 bits per heavy atom. The van der Waals surface area contributed by atoms with E-state index in [9.17, 15) is 39.5 Å². The molecule has 0 bridgehead atoms. The van der Waals surface area contributed by atoms with Gasteiger partial charge in [-0.25, -0.2) is 0 Å². The van der Waals surface area contributed by atoms with E-state index in [1.165, 1.54) is 6.08 Å². The van der Waals surface area contributed by atoms with E-state index in [1.807, 2.05) is 0 Å². The molecule has 19 heavy (non-hydrogen) atoms. The molecule has 0 saturated carbocycles. The molecule has 0 fully saturated rings. The quantitative estimate of drug-likeness (QED) is 0.369. The minimum atomic E-state index is -6.84. The van der Waals surface area contributed by atoms with Gasteiger partial charge in [0.15, 0.2) is 0 Å². The van der Waals surface area contributed by atoms with Gasteiger partial charge in [-0.15, -0.1) is 6.58 Å². The molecular weight excluding hydrogens is 291 g/mol. The van der Waals surface area contributed by atoms with Crippen LogP contribution in [0.2, 0.25) is 0 Å². The predicted octanol–water partition coefficient (Wildman–Crippen LogP) is 4.98. The molecule has 0 rings (SSSR count). The number of halogens is 9. The van der Waals surface area contributed by atoms with Crippen molar-refractivity contribution >= 4 is 0 Å². The lowest BCUT2D eigenvalue weighted by Gasteiger charge is -2.32. The van der Waals surface area contributed by atoms with Crippen LogP contribution >= 0.6 is 0 Å². The van der Waals surface area contributed by atoms with Crippen LogP contribution in [0.4, 0.5) is 39.5 Å². The summed E-state index contributed by atoms with van der Waals surface area (Å²) in [7, 11) is 0. The van der Waals surface area contributed by atoms with Crippen molar-refractivity contribution < 1.29 is 39.5 Å². The van der Waals surface area contributed by atoms with E-state index in [4.69, 9.17) is 0 Å². The van der Waals surface area contributed by atoms with E-state index < -0.39 is 30.0 Å². The van der Waals surface area contributed by atoms with Crippen LogP contribution in [0.15, 0.2) is 24.8 Å². The van der Waals surface area contributed by atoms with E-state index in [1.54, 1.807) is 0 Å². The van der Waals surface area contributed by atoms with Gasteiger partial charge in [-0.1, -0.05) is 12.2 Å². The van der Waals surface area contributed by atoms with E-state index in [0.717, 1.165) is 0 Å². The van der Waals surface area contributed by atoms with Crippen LogP contribution in [-0.2, 0) is 0 Å². The summed E-state index contributed by atoms with van der Waals surface area (Å²) in [4.78, 5) is 0. The normalized spacial score (nSPS) is 15.0. The van der Waals surface area contributed by atoms with Crippen molar-refractivity contribution in [1.29, 1.82) is 0 Å². The molecule has 0 aliphatic carbocycles. The third-order valence-electron chi connectivity index (χ3n) is 2.03. The van der Waals surface area contributed by atoms with Crippen molar-refractivity contribution in [3.05, 3.63) is 24.8 Å². The van der Waals surface area contributed by atoms with Crippen LogP contribution in [-0.4, -0.2) is 23.9 Å². The van der Waals surface area contributed by atoms with E-state index in [-0.39, 0.29) is 12.8 Å². The smallest absolute Gasteiger partial charge is 0.195 e. The van der Waals surface area contributed by atoms with Crippen LogP contribution < -0.4 is 0 Å². The molecule has 0 aromatic rings. The lowest BCUT2D eigenvalue weighted by atomic mass is 10.0. The third-order valence-corrected chi connectivity index (χ3v) is 2.03. The fourth-order valence-corrected chi connectivity index (χ4v) is 0.937. The number of alkyl halides is 9. The molecule has 0 aromatic heterocycles. The van der Waals surface area contributed by atoms with E-state index in [2.05, 4.69) is 6.58 Å². The number of allylic oxidation sites excluding steroid dienone is 3. The van der Waals surface area contributed by atoms with Crippen molar-refractivity contribution in [3.8, 4) is 0 Å². The molecule has 0 aliphatic rings. The summed E-state index contributed by atoms with van der Waals surface area (Å²) < 4.78 is 111. The molecule has 0 atom stereocenters. The molecule has 112 valence electrons. The Morgan fingerprint density at radius 1 is 0.737 bits per heavy atom. The van der Waals surface area contributed by atoms with Gasteiger partial charge >= 0.3 is 23.9 Å². The summed E-state index contributed by atoms with van der Waals surface area (Å²) in [6.07, 6.45) is -5.99. The number of hydrogen-bond donors (Lipinski definition) is 0. The molecule has 0 radical (unpaired) electrons. The van der Waals surface area contributed by atoms with Gasteiger partial charge in [-0.2, -0.15) is 39.5 Å². The minimum Gasteiger partial charge on any atom is -0.195 e. The maximum absolute atomic E-state index is 12.8. The van der Waals surface area contributed by atoms with Gasteiger partial charge in [-0.05, 0) is 18.9 Å². The summed E-state index contributed by atoms with van der Waals surface area (Å²) >= 11 is 0. The number of unbranched alkanes of at least 4 members (excludes halogenated alkanes) is 1. The fraction of sp³-hybridized carbons (Fsp3) is 0.600. The van der Waals surface area contributed by atoms with Crippen LogP contribution in [0.3, 0.4) is 0 Å². The molecule has 0 heterocycles. The molecule has 0 spiro atoms. The van der Waals surface area contributed by atoms with E-state index >= 15 is 0 Å². The average molecular weight is 300 g/mol. The van der Waals surface area contributed by atoms with Crippen LogP contribution in [0.1, 0.15) is 12.8 Å². The van der Waals surface area contributed by atoms with Crippen LogP contribution in [0.5, 0.6) is 0 Å². The molecular formula is C10H9F9. The fourth-order valence-electron chi connectivity index (χ4n) is 0.937. The van der Waals surface area contributed by atoms with Crippen LogP contribution in [0.25, 0.3) is 0 Å².